The molecule has 3 aromatic carbocycles. The molecule has 0 saturated heterocycles. The van der Waals surface area contributed by atoms with Gasteiger partial charge in [0.2, 0.25) is 0 Å². The molecule has 0 heterocycles. The fourth-order valence-electron chi connectivity index (χ4n) is 2.96. The molecule has 0 radical (unpaired) electrons. The summed E-state index contributed by atoms with van der Waals surface area (Å²) >= 11 is 0. The molecule has 0 aliphatic heterocycles. The van der Waals surface area contributed by atoms with Crippen molar-refractivity contribution < 1.29 is 19.7 Å². The van der Waals surface area contributed by atoms with Crippen LogP contribution in [0.25, 0.3) is 0 Å². The summed E-state index contributed by atoms with van der Waals surface area (Å²) in [5.41, 5.74) is 3.31. The third kappa shape index (κ3) is 4.39. The van der Waals surface area contributed by atoms with E-state index in [-0.39, 0.29) is 6.61 Å². The zero-order valence-electron chi connectivity index (χ0n) is 15.6. The number of hydrogen-bond acceptors (Lipinski definition) is 5. The van der Waals surface area contributed by atoms with Gasteiger partial charge in [-0.1, -0.05) is 48.5 Å². The second kappa shape index (κ2) is 9.17. The van der Waals surface area contributed by atoms with Crippen LogP contribution >= 0.6 is 0 Å². The third-order valence-electron chi connectivity index (χ3n) is 4.35. The number of rotatable bonds is 7. The van der Waals surface area contributed by atoms with Crippen LogP contribution in [-0.2, 0) is 9.53 Å². The predicted octanol–water partition coefficient (Wildman–Crippen LogP) is 4.11. The van der Waals surface area contributed by atoms with Crippen molar-refractivity contribution in [3.8, 4) is 0 Å². The van der Waals surface area contributed by atoms with Crippen LogP contribution < -0.4 is 4.90 Å². The summed E-state index contributed by atoms with van der Waals surface area (Å²) in [7, 11) is 0. The van der Waals surface area contributed by atoms with E-state index in [1.54, 1.807) is 19.1 Å². The highest BCUT2D eigenvalue weighted by atomic mass is 16.5. The van der Waals surface area contributed by atoms with Gasteiger partial charge in [-0.15, -0.1) is 0 Å². The number of anilines is 3. The average Bonchev–Trinajstić information content (AvgIpc) is 2.75. The van der Waals surface area contributed by atoms with Crippen LogP contribution in [0.15, 0.2) is 84.9 Å². The van der Waals surface area contributed by atoms with E-state index in [9.17, 15) is 15.0 Å². The van der Waals surface area contributed by atoms with E-state index in [1.807, 2.05) is 72.8 Å². The second-order valence-corrected chi connectivity index (χ2v) is 6.24. The molecule has 0 aliphatic carbocycles. The number of carbonyl (C=O) groups is 1. The SMILES string of the molecule is CCOC(=O)C(O)C(O)c1ccc(N(c2ccccc2)c2ccccc2)cc1. The zero-order valence-corrected chi connectivity index (χ0v) is 15.6. The zero-order chi connectivity index (χ0) is 19.9. The van der Waals surface area contributed by atoms with Crippen LogP contribution in [0.4, 0.5) is 17.1 Å². The van der Waals surface area contributed by atoms with Crippen LogP contribution in [0.2, 0.25) is 0 Å². The minimum Gasteiger partial charge on any atom is -0.464 e. The van der Waals surface area contributed by atoms with Gasteiger partial charge < -0.3 is 19.8 Å². The predicted molar refractivity (Wildman–Crippen MR) is 109 cm³/mol. The third-order valence-corrected chi connectivity index (χ3v) is 4.35. The molecular weight excluding hydrogens is 354 g/mol. The molecule has 5 nitrogen and oxygen atoms in total. The molecule has 0 spiro atoms. The lowest BCUT2D eigenvalue weighted by Gasteiger charge is -2.26. The maximum absolute atomic E-state index is 11.7. The second-order valence-electron chi connectivity index (χ2n) is 6.24. The molecule has 2 unspecified atom stereocenters. The normalized spacial score (nSPS) is 12.8. The van der Waals surface area contributed by atoms with Crippen molar-refractivity contribution in [3.63, 3.8) is 0 Å². The molecule has 0 saturated carbocycles. The Morgan fingerprint density at radius 2 is 1.29 bits per heavy atom. The number of aliphatic hydroxyl groups is 2. The number of aliphatic hydroxyl groups excluding tert-OH is 2. The molecule has 0 aromatic heterocycles. The molecule has 3 rings (SSSR count). The first-order valence-corrected chi connectivity index (χ1v) is 9.14. The summed E-state index contributed by atoms with van der Waals surface area (Å²) in [5, 5.41) is 20.3. The minimum absolute atomic E-state index is 0.144. The lowest BCUT2D eigenvalue weighted by molar-refractivity contribution is -0.159. The van der Waals surface area contributed by atoms with Crippen molar-refractivity contribution in [2.75, 3.05) is 11.5 Å². The first-order chi connectivity index (χ1) is 13.6. The Kier molecular flexibility index (Phi) is 6.42. The summed E-state index contributed by atoms with van der Waals surface area (Å²) in [6.45, 7) is 1.79. The van der Waals surface area contributed by atoms with E-state index in [2.05, 4.69) is 4.90 Å². The number of hydrogen-bond donors (Lipinski definition) is 2. The number of nitrogens with zero attached hydrogens (tertiary/aromatic N) is 1. The Morgan fingerprint density at radius 3 is 1.75 bits per heavy atom. The first kappa shape index (κ1) is 19.6. The van der Waals surface area contributed by atoms with Crippen molar-refractivity contribution in [1.29, 1.82) is 0 Å². The highest BCUT2D eigenvalue weighted by Crippen LogP contribution is 2.34. The molecule has 0 aliphatic rings. The van der Waals surface area contributed by atoms with E-state index < -0.39 is 18.2 Å². The summed E-state index contributed by atoms with van der Waals surface area (Å²) in [6.07, 6.45) is -2.97. The van der Waals surface area contributed by atoms with Crippen molar-refractivity contribution >= 4 is 23.0 Å². The largest absolute Gasteiger partial charge is 0.464 e. The topological polar surface area (TPSA) is 70.0 Å². The van der Waals surface area contributed by atoms with Gasteiger partial charge in [-0.05, 0) is 48.9 Å². The summed E-state index contributed by atoms with van der Waals surface area (Å²) < 4.78 is 4.77. The summed E-state index contributed by atoms with van der Waals surface area (Å²) in [4.78, 5) is 13.7. The highest BCUT2D eigenvalue weighted by molar-refractivity contribution is 5.77. The average molecular weight is 377 g/mol. The van der Waals surface area contributed by atoms with E-state index in [0.29, 0.717) is 5.56 Å². The number of benzene rings is 3. The van der Waals surface area contributed by atoms with Gasteiger partial charge in [-0.25, -0.2) is 4.79 Å². The van der Waals surface area contributed by atoms with Crippen LogP contribution in [0.3, 0.4) is 0 Å². The fourth-order valence-corrected chi connectivity index (χ4v) is 2.96. The minimum atomic E-state index is -1.62. The maximum Gasteiger partial charge on any atom is 0.338 e. The Labute approximate surface area is 164 Å². The molecular formula is C23H23NO4. The molecule has 3 aromatic rings. The van der Waals surface area contributed by atoms with Gasteiger partial charge in [0.15, 0.2) is 6.10 Å². The van der Waals surface area contributed by atoms with Crippen molar-refractivity contribution in [1.82, 2.24) is 0 Å². The lowest BCUT2D eigenvalue weighted by Crippen LogP contribution is -2.29. The molecule has 0 fully saturated rings. The maximum atomic E-state index is 11.7. The van der Waals surface area contributed by atoms with Crippen LogP contribution in [0.5, 0.6) is 0 Å². The van der Waals surface area contributed by atoms with Gasteiger partial charge in [0.25, 0.3) is 0 Å². The van der Waals surface area contributed by atoms with Gasteiger partial charge in [0, 0.05) is 17.1 Å². The molecule has 5 heteroatoms. The van der Waals surface area contributed by atoms with Gasteiger partial charge >= 0.3 is 5.97 Å². The standard InChI is InChI=1S/C23H23NO4/c1-2-28-23(27)22(26)21(25)17-13-15-20(16-14-17)24(18-9-5-3-6-10-18)19-11-7-4-8-12-19/h3-16,21-22,25-26H,2H2,1H3. The molecule has 2 atom stereocenters. The monoisotopic (exact) mass is 377 g/mol. The van der Waals surface area contributed by atoms with E-state index in [1.165, 1.54) is 0 Å². The Morgan fingerprint density at radius 1 is 0.821 bits per heavy atom. The first-order valence-electron chi connectivity index (χ1n) is 9.14. The van der Waals surface area contributed by atoms with Crippen LogP contribution in [0.1, 0.15) is 18.6 Å². The molecule has 144 valence electrons. The smallest absolute Gasteiger partial charge is 0.338 e. The van der Waals surface area contributed by atoms with Gasteiger partial charge in [-0.2, -0.15) is 0 Å². The van der Waals surface area contributed by atoms with E-state index >= 15 is 0 Å². The van der Waals surface area contributed by atoms with Crippen LogP contribution in [0, 0.1) is 0 Å². The molecule has 0 bridgehead atoms. The Bertz CT molecular complexity index is 842. The quantitative estimate of drug-likeness (QED) is 0.606. The lowest BCUT2D eigenvalue weighted by atomic mass is 10.0. The fraction of sp³-hybridized carbons (Fsp3) is 0.174. The summed E-state index contributed by atoms with van der Waals surface area (Å²) in [5.74, 6) is -0.839. The van der Waals surface area contributed by atoms with Crippen LogP contribution in [-0.4, -0.2) is 28.9 Å². The summed E-state index contributed by atoms with van der Waals surface area (Å²) in [6, 6.07) is 26.9. The Hall–Kier alpha value is -3.15. The molecule has 28 heavy (non-hydrogen) atoms. The number of esters is 1. The Balaban J connectivity index is 1.90. The van der Waals surface area contributed by atoms with Crippen molar-refractivity contribution in [3.05, 3.63) is 90.5 Å². The van der Waals surface area contributed by atoms with Crippen molar-refractivity contribution in [2.24, 2.45) is 0 Å². The van der Waals surface area contributed by atoms with E-state index in [0.717, 1.165) is 17.1 Å². The van der Waals surface area contributed by atoms with Gasteiger partial charge in [-0.3, -0.25) is 0 Å². The number of ether oxygens (including phenoxy) is 1. The van der Waals surface area contributed by atoms with Crippen molar-refractivity contribution in [2.45, 2.75) is 19.1 Å². The van der Waals surface area contributed by atoms with Gasteiger partial charge in [0.1, 0.15) is 6.10 Å². The highest BCUT2D eigenvalue weighted by Gasteiger charge is 2.27. The van der Waals surface area contributed by atoms with E-state index in [4.69, 9.17) is 4.74 Å². The number of carbonyl (C=O) groups excluding carboxylic acids is 1. The molecule has 0 amide bonds. The number of para-hydroxylation sites is 2. The molecule has 2 N–H and O–H groups in total. The van der Waals surface area contributed by atoms with Gasteiger partial charge in [0.05, 0.1) is 6.61 Å².